The van der Waals surface area contributed by atoms with E-state index in [0.717, 1.165) is 29.5 Å². The Morgan fingerprint density at radius 2 is 1.85 bits per heavy atom. The number of carbonyl (C=O) groups excluding carboxylic acids is 3. The van der Waals surface area contributed by atoms with Crippen LogP contribution >= 0.6 is 0 Å². The molecule has 0 N–H and O–H groups in total. The number of benzene rings is 2. The van der Waals surface area contributed by atoms with Crippen LogP contribution < -0.4 is 4.74 Å². The van der Waals surface area contributed by atoms with Crippen LogP contribution in [0, 0.1) is 0 Å². The number of hydrogen-bond acceptors (Lipinski definition) is 8. The SMILES string of the molecule is CC(C)(C)OC(=O)CCN1CCOC(c2ccc(OC(C=O)OC3(C=O)c4ccc(-c5ccccc5)c3c4)cc2)C1. The van der Waals surface area contributed by atoms with E-state index in [2.05, 4.69) is 4.90 Å². The fourth-order valence-corrected chi connectivity index (χ4v) is 5.23. The van der Waals surface area contributed by atoms with E-state index in [1.165, 1.54) is 0 Å². The first-order valence-corrected chi connectivity index (χ1v) is 13.8. The summed E-state index contributed by atoms with van der Waals surface area (Å²) < 4.78 is 23.3. The second-order valence-corrected chi connectivity index (χ2v) is 11.3. The Balaban J connectivity index is 1.19. The molecule has 1 heterocycles. The van der Waals surface area contributed by atoms with Gasteiger partial charge in [-0.15, -0.1) is 0 Å². The molecule has 1 fully saturated rings. The molecular weight excluding hydrogens is 522 g/mol. The standard InChI is InChI=1S/C33H35NO7/c1-32(2,3)40-30(37)15-16-34-17-18-38-29(20-34)24-9-12-26(13-10-24)39-31(21-35)41-33(22-36)25-11-14-27(28(33)19-25)23-7-5-4-6-8-23/h4-14,19,21-22,29,31H,15-18,20H2,1-3H3. The minimum absolute atomic E-state index is 0.163. The highest BCUT2D eigenvalue weighted by atomic mass is 16.7. The van der Waals surface area contributed by atoms with E-state index in [-0.39, 0.29) is 12.1 Å². The van der Waals surface area contributed by atoms with Crippen molar-refractivity contribution in [2.75, 3.05) is 26.2 Å². The second kappa shape index (κ2) is 11.9. The Bertz CT molecular complexity index is 1370. The van der Waals surface area contributed by atoms with Gasteiger partial charge in [0.05, 0.1) is 19.1 Å². The fraction of sp³-hybridized carbons (Fsp3) is 0.364. The predicted molar refractivity (Wildman–Crippen MR) is 153 cm³/mol. The number of nitrogens with zero attached hydrogens (tertiary/aromatic N) is 1. The van der Waals surface area contributed by atoms with Crippen molar-refractivity contribution >= 4 is 24.1 Å². The maximum Gasteiger partial charge on any atom is 0.307 e. The quantitative estimate of drug-likeness (QED) is 0.225. The van der Waals surface area contributed by atoms with E-state index in [9.17, 15) is 14.4 Å². The summed E-state index contributed by atoms with van der Waals surface area (Å²) in [6.07, 6.45) is 5.83. The minimum atomic E-state index is -1.36. The van der Waals surface area contributed by atoms with Crippen LogP contribution in [-0.2, 0) is 28.6 Å². The predicted octanol–water partition coefficient (Wildman–Crippen LogP) is 4.61. The Morgan fingerprint density at radius 3 is 2.51 bits per heavy atom. The number of morpholine rings is 1. The molecule has 1 aliphatic heterocycles. The molecule has 2 aliphatic carbocycles. The van der Waals surface area contributed by atoms with E-state index in [1.54, 1.807) is 12.1 Å². The first-order chi connectivity index (χ1) is 19.7. The van der Waals surface area contributed by atoms with Crippen molar-refractivity contribution in [3.8, 4) is 5.75 Å². The first kappa shape index (κ1) is 28.7. The van der Waals surface area contributed by atoms with Gasteiger partial charge >= 0.3 is 5.97 Å². The molecule has 0 amide bonds. The number of fused-ring (bicyclic) bond motifs is 2. The van der Waals surface area contributed by atoms with Crippen molar-refractivity contribution in [2.24, 2.45) is 0 Å². The average molecular weight is 558 g/mol. The molecule has 1 saturated heterocycles. The second-order valence-electron chi connectivity index (χ2n) is 11.3. The third kappa shape index (κ3) is 6.40. The minimum Gasteiger partial charge on any atom is -0.460 e. The highest BCUT2D eigenvalue weighted by Crippen LogP contribution is 2.50. The van der Waals surface area contributed by atoms with Gasteiger partial charge in [-0.3, -0.25) is 19.3 Å². The molecule has 2 aromatic rings. The average Bonchev–Trinajstić information content (AvgIpc) is 2.98. The van der Waals surface area contributed by atoms with Crippen LogP contribution in [0.25, 0.3) is 5.57 Å². The summed E-state index contributed by atoms with van der Waals surface area (Å²) in [7, 11) is 0. The topological polar surface area (TPSA) is 91.4 Å². The summed E-state index contributed by atoms with van der Waals surface area (Å²) in [5, 5.41) is 0. The van der Waals surface area contributed by atoms with Crippen molar-refractivity contribution in [3.63, 3.8) is 0 Å². The molecule has 0 saturated carbocycles. The molecule has 0 spiro atoms. The molecule has 3 aliphatic rings. The monoisotopic (exact) mass is 557 g/mol. The van der Waals surface area contributed by atoms with E-state index >= 15 is 0 Å². The molecule has 214 valence electrons. The lowest BCUT2D eigenvalue weighted by Crippen LogP contribution is -2.50. The number of esters is 1. The van der Waals surface area contributed by atoms with Crippen molar-refractivity contribution in [3.05, 3.63) is 95.1 Å². The molecule has 8 heteroatoms. The Hall–Kier alpha value is -3.85. The van der Waals surface area contributed by atoms with Crippen LogP contribution in [0.3, 0.4) is 0 Å². The van der Waals surface area contributed by atoms with Crippen LogP contribution in [0.5, 0.6) is 5.75 Å². The molecule has 8 nitrogen and oxygen atoms in total. The Morgan fingerprint density at radius 1 is 1.10 bits per heavy atom. The lowest BCUT2D eigenvalue weighted by molar-refractivity contribution is -0.161. The van der Waals surface area contributed by atoms with Gasteiger partial charge < -0.3 is 18.9 Å². The zero-order chi connectivity index (χ0) is 29.0. The van der Waals surface area contributed by atoms with Crippen molar-refractivity contribution in [1.29, 1.82) is 0 Å². The van der Waals surface area contributed by atoms with Gasteiger partial charge in [-0.1, -0.05) is 54.6 Å². The number of allylic oxidation sites excluding steroid dienone is 2. The summed E-state index contributed by atoms with van der Waals surface area (Å²) >= 11 is 0. The summed E-state index contributed by atoms with van der Waals surface area (Å²) in [5.41, 5.74) is 2.30. The van der Waals surface area contributed by atoms with Gasteiger partial charge in [-0.2, -0.15) is 0 Å². The summed E-state index contributed by atoms with van der Waals surface area (Å²) in [6, 6.07) is 17.0. The van der Waals surface area contributed by atoms with Crippen LogP contribution in [0.1, 0.15) is 44.4 Å². The highest BCUT2D eigenvalue weighted by Gasteiger charge is 2.50. The maximum absolute atomic E-state index is 12.3. The van der Waals surface area contributed by atoms with Gasteiger partial charge in [0.15, 0.2) is 18.2 Å². The number of ether oxygens (including phenoxy) is 4. The Kier molecular flexibility index (Phi) is 8.35. The Labute approximate surface area is 240 Å². The highest BCUT2D eigenvalue weighted by molar-refractivity contribution is 5.99. The van der Waals surface area contributed by atoms with Gasteiger partial charge in [0, 0.05) is 25.2 Å². The first-order valence-electron chi connectivity index (χ1n) is 13.8. The van der Waals surface area contributed by atoms with E-state index < -0.39 is 17.5 Å². The summed E-state index contributed by atoms with van der Waals surface area (Å²) in [5.74, 6) is 0.214. The van der Waals surface area contributed by atoms with Crippen LogP contribution in [-0.4, -0.2) is 67.2 Å². The summed E-state index contributed by atoms with van der Waals surface area (Å²) in [6.45, 7) is 8.12. The number of aldehydes is 2. The van der Waals surface area contributed by atoms with Gasteiger partial charge in [0.25, 0.3) is 6.29 Å². The third-order valence-corrected chi connectivity index (χ3v) is 7.22. The van der Waals surface area contributed by atoms with Crippen LogP contribution in [0.2, 0.25) is 0 Å². The number of hydrogen-bond donors (Lipinski definition) is 0. The zero-order valence-corrected chi connectivity index (χ0v) is 23.6. The van der Waals surface area contributed by atoms with E-state index in [0.29, 0.717) is 49.3 Å². The molecule has 2 bridgehead atoms. The summed E-state index contributed by atoms with van der Waals surface area (Å²) in [4.78, 5) is 38.6. The molecule has 0 aromatic heterocycles. The van der Waals surface area contributed by atoms with Gasteiger partial charge in [0.2, 0.25) is 0 Å². The smallest absolute Gasteiger partial charge is 0.307 e. The number of rotatable bonds is 11. The van der Waals surface area contributed by atoms with Crippen molar-refractivity contribution in [1.82, 2.24) is 4.90 Å². The maximum atomic E-state index is 12.3. The molecule has 3 unspecified atom stereocenters. The van der Waals surface area contributed by atoms with E-state index in [4.69, 9.17) is 18.9 Å². The molecule has 3 atom stereocenters. The van der Waals surface area contributed by atoms with Crippen LogP contribution in [0.4, 0.5) is 0 Å². The molecule has 41 heavy (non-hydrogen) atoms. The van der Waals surface area contributed by atoms with Crippen LogP contribution in [0.15, 0.2) is 84.0 Å². The molecule has 2 aromatic carbocycles. The van der Waals surface area contributed by atoms with Gasteiger partial charge in [0.1, 0.15) is 11.4 Å². The number of carbonyl (C=O) groups is 3. The van der Waals surface area contributed by atoms with E-state index in [1.807, 2.05) is 81.5 Å². The molecule has 0 radical (unpaired) electrons. The third-order valence-electron chi connectivity index (χ3n) is 7.22. The van der Waals surface area contributed by atoms with Gasteiger partial charge in [-0.05, 0) is 61.3 Å². The zero-order valence-electron chi connectivity index (χ0n) is 23.6. The van der Waals surface area contributed by atoms with Gasteiger partial charge in [-0.25, -0.2) is 0 Å². The largest absolute Gasteiger partial charge is 0.460 e. The molecular formula is C33H35NO7. The fourth-order valence-electron chi connectivity index (χ4n) is 5.23. The van der Waals surface area contributed by atoms with Crippen molar-refractivity contribution in [2.45, 2.75) is 50.8 Å². The lowest BCUT2D eigenvalue weighted by atomic mass is 9.67. The normalized spacial score (nSPS) is 22.8. The molecule has 5 rings (SSSR count). The van der Waals surface area contributed by atoms with Crippen molar-refractivity contribution < 1.29 is 33.3 Å². The lowest BCUT2D eigenvalue weighted by Gasteiger charge is -2.43.